The Hall–Kier alpha value is -1.88. The zero-order valence-corrected chi connectivity index (χ0v) is 11.6. The van der Waals surface area contributed by atoms with Gasteiger partial charge in [-0.05, 0) is 31.5 Å². The summed E-state index contributed by atoms with van der Waals surface area (Å²) in [7, 11) is 0. The zero-order valence-electron chi connectivity index (χ0n) is 11.6. The predicted octanol–water partition coefficient (Wildman–Crippen LogP) is 1.34. The summed E-state index contributed by atoms with van der Waals surface area (Å²) in [5.41, 5.74) is 7.16. The average Bonchev–Trinajstić information content (AvgIpc) is 2.35. The van der Waals surface area contributed by atoms with Crippen LogP contribution in [0.5, 0.6) is 0 Å². The molecule has 19 heavy (non-hydrogen) atoms. The molecule has 0 aliphatic heterocycles. The second kappa shape index (κ2) is 6.89. The van der Waals surface area contributed by atoms with Crippen LogP contribution in [0.1, 0.15) is 26.3 Å². The largest absolute Gasteiger partial charge is 0.339 e. The van der Waals surface area contributed by atoms with Crippen molar-refractivity contribution in [1.29, 1.82) is 0 Å². The first kappa shape index (κ1) is 15.2. The summed E-state index contributed by atoms with van der Waals surface area (Å²) in [6.45, 7) is 6.31. The Balaban J connectivity index is 2.77. The highest BCUT2D eigenvalue weighted by atomic mass is 16.2. The normalized spacial score (nSPS) is 11.8. The van der Waals surface area contributed by atoms with Gasteiger partial charge in [0, 0.05) is 25.7 Å². The van der Waals surface area contributed by atoms with E-state index in [1.165, 1.54) is 0 Å². The van der Waals surface area contributed by atoms with Gasteiger partial charge in [-0.25, -0.2) is 0 Å². The van der Waals surface area contributed by atoms with Gasteiger partial charge in [0.2, 0.25) is 11.8 Å². The molecule has 1 atom stereocenters. The summed E-state index contributed by atoms with van der Waals surface area (Å²) in [4.78, 5) is 24.6. The van der Waals surface area contributed by atoms with E-state index in [-0.39, 0.29) is 11.8 Å². The van der Waals surface area contributed by atoms with Crippen molar-refractivity contribution in [3.8, 4) is 0 Å². The van der Waals surface area contributed by atoms with Crippen LogP contribution in [0.15, 0.2) is 24.3 Å². The molecule has 0 bridgehead atoms. The Bertz CT molecular complexity index is 458. The van der Waals surface area contributed by atoms with Crippen molar-refractivity contribution < 1.29 is 9.59 Å². The van der Waals surface area contributed by atoms with Crippen LogP contribution < -0.4 is 11.1 Å². The van der Waals surface area contributed by atoms with Crippen molar-refractivity contribution in [1.82, 2.24) is 4.90 Å². The fraction of sp³-hybridized carbons (Fsp3) is 0.429. The first-order chi connectivity index (χ1) is 8.93. The van der Waals surface area contributed by atoms with Gasteiger partial charge >= 0.3 is 0 Å². The molecular weight excluding hydrogens is 242 g/mol. The highest BCUT2D eigenvalue weighted by Crippen LogP contribution is 2.13. The van der Waals surface area contributed by atoms with Gasteiger partial charge in [0.05, 0.1) is 6.04 Å². The van der Waals surface area contributed by atoms with Crippen LogP contribution in [0.4, 0.5) is 5.69 Å². The van der Waals surface area contributed by atoms with Gasteiger partial charge in [-0.2, -0.15) is 0 Å². The van der Waals surface area contributed by atoms with Gasteiger partial charge in [-0.15, -0.1) is 0 Å². The highest BCUT2D eigenvalue weighted by Gasteiger charge is 2.09. The number of rotatable bonds is 5. The quantitative estimate of drug-likeness (QED) is 0.841. The summed E-state index contributed by atoms with van der Waals surface area (Å²) in [6, 6.07) is 6.88. The maximum absolute atomic E-state index is 11.5. The first-order valence-electron chi connectivity index (χ1n) is 6.35. The molecule has 0 aliphatic rings. The zero-order chi connectivity index (χ0) is 14.4. The van der Waals surface area contributed by atoms with Gasteiger partial charge in [0.1, 0.15) is 0 Å². The van der Waals surface area contributed by atoms with Crippen LogP contribution >= 0.6 is 0 Å². The molecule has 5 heteroatoms. The number of hydrogen-bond donors (Lipinski definition) is 2. The fourth-order valence-electron chi connectivity index (χ4n) is 1.67. The molecular formula is C14H21N3O2. The molecule has 1 aromatic rings. The third kappa shape index (κ3) is 4.71. The minimum atomic E-state index is -0.548. The Labute approximate surface area is 113 Å². The SMILES string of the molecule is CCN(Cc1cccc(NC(=O)[C@@H](C)N)c1)C(C)=O. The van der Waals surface area contributed by atoms with Crippen LogP contribution in [-0.2, 0) is 16.1 Å². The van der Waals surface area contributed by atoms with Crippen molar-refractivity contribution in [2.75, 3.05) is 11.9 Å². The van der Waals surface area contributed by atoms with E-state index < -0.39 is 6.04 Å². The molecule has 0 aromatic heterocycles. The lowest BCUT2D eigenvalue weighted by molar-refractivity contribution is -0.129. The highest BCUT2D eigenvalue weighted by molar-refractivity contribution is 5.94. The molecule has 104 valence electrons. The number of hydrogen-bond acceptors (Lipinski definition) is 3. The number of anilines is 1. The molecule has 0 saturated heterocycles. The molecule has 0 heterocycles. The van der Waals surface area contributed by atoms with Crippen LogP contribution in [0.2, 0.25) is 0 Å². The summed E-state index contributed by atoms with van der Waals surface area (Å²) in [6.07, 6.45) is 0. The van der Waals surface area contributed by atoms with Crippen LogP contribution in [0.3, 0.4) is 0 Å². The van der Waals surface area contributed by atoms with Crippen LogP contribution in [-0.4, -0.2) is 29.3 Å². The smallest absolute Gasteiger partial charge is 0.240 e. The number of nitrogens with zero attached hydrogens (tertiary/aromatic N) is 1. The molecule has 0 fully saturated rings. The number of carbonyl (C=O) groups is 2. The molecule has 3 N–H and O–H groups in total. The first-order valence-corrected chi connectivity index (χ1v) is 6.35. The van der Waals surface area contributed by atoms with E-state index >= 15 is 0 Å². The van der Waals surface area contributed by atoms with E-state index in [9.17, 15) is 9.59 Å². The van der Waals surface area contributed by atoms with Crippen molar-refractivity contribution in [3.05, 3.63) is 29.8 Å². The monoisotopic (exact) mass is 263 g/mol. The van der Waals surface area contributed by atoms with E-state index in [0.29, 0.717) is 18.8 Å². The Morgan fingerprint density at radius 1 is 1.42 bits per heavy atom. The number of nitrogens with one attached hydrogen (secondary N) is 1. The Morgan fingerprint density at radius 2 is 2.11 bits per heavy atom. The standard InChI is InChI=1S/C14H21N3O2/c1-4-17(11(3)18)9-12-6-5-7-13(8-12)16-14(19)10(2)15/h5-8,10H,4,9,15H2,1-3H3,(H,16,19)/t10-/m1/s1. The third-order valence-corrected chi connectivity index (χ3v) is 2.81. The lowest BCUT2D eigenvalue weighted by atomic mass is 10.1. The lowest BCUT2D eigenvalue weighted by Crippen LogP contribution is -2.32. The minimum absolute atomic E-state index is 0.0347. The van der Waals surface area contributed by atoms with Gasteiger partial charge in [-0.3, -0.25) is 9.59 Å². The van der Waals surface area contributed by atoms with Crippen molar-refractivity contribution in [2.45, 2.75) is 33.4 Å². The Morgan fingerprint density at radius 3 is 2.63 bits per heavy atom. The summed E-state index contributed by atoms with van der Waals surface area (Å²) < 4.78 is 0. The van der Waals surface area contributed by atoms with Gasteiger partial charge in [0.15, 0.2) is 0 Å². The average molecular weight is 263 g/mol. The number of benzene rings is 1. The number of amides is 2. The Kier molecular flexibility index (Phi) is 5.51. The molecule has 5 nitrogen and oxygen atoms in total. The topological polar surface area (TPSA) is 75.4 Å². The van der Waals surface area contributed by atoms with Crippen molar-refractivity contribution >= 4 is 17.5 Å². The van der Waals surface area contributed by atoms with E-state index in [0.717, 1.165) is 5.56 Å². The van der Waals surface area contributed by atoms with Crippen LogP contribution in [0.25, 0.3) is 0 Å². The molecule has 0 aliphatic carbocycles. The van der Waals surface area contributed by atoms with Crippen molar-refractivity contribution in [3.63, 3.8) is 0 Å². The van der Waals surface area contributed by atoms with Crippen LogP contribution in [0, 0.1) is 0 Å². The van der Waals surface area contributed by atoms with Crippen molar-refractivity contribution in [2.24, 2.45) is 5.73 Å². The maximum atomic E-state index is 11.5. The number of carbonyl (C=O) groups excluding carboxylic acids is 2. The molecule has 0 saturated carbocycles. The molecule has 0 unspecified atom stereocenters. The lowest BCUT2D eigenvalue weighted by Gasteiger charge is -2.19. The summed E-state index contributed by atoms with van der Waals surface area (Å²) in [5, 5.41) is 2.73. The van der Waals surface area contributed by atoms with E-state index in [1.807, 2.05) is 25.1 Å². The second-order valence-corrected chi connectivity index (χ2v) is 4.51. The van der Waals surface area contributed by atoms with Gasteiger partial charge in [0.25, 0.3) is 0 Å². The molecule has 0 radical (unpaired) electrons. The minimum Gasteiger partial charge on any atom is -0.339 e. The predicted molar refractivity (Wildman–Crippen MR) is 75.5 cm³/mol. The van der Waals surface area contributed by atoms with E-state index in [2.05, 4.69) is 5.32 Å². The fourth-order valence-corrected chi connectivity index (χ4v) is 1.67. The van der Waals surface area contributed by atoms with E-state index in [4.69, 9.17) is 5.73 Å². The summed E-state index contributed by atoms with van der Waals surface area (Å²) in [5.74, 6) is -0.191. The number of nitrogens with two attached hydrogens (primary N) is 1. The second-order valence-electron chi connectivity index (χ2n) is 4.51. The summed E-state index contributed by atoms with van der Waals surface area (Å²) >= 11 is 0. The van der Waals surface area contributed by atoms with Gasteiger partial charge in [-0.1, -0.05) is 12.1 Å². The maximum Gasteiger partial charge on any atom is 0.240 e. The molecule has 0 spiro atoms. The molecule has 2 amide bonds. The molecule has 1 rings (SSSR count). The third-order valence-electron chi connectivity index (χ3n) is 2.81. The van der Waals surface area contributed by atoms with E-state index in [1.54, 1.807) is 24.8 Å². The molecule has 1 aromatic carbocycles. The van der Waals surface area contributed by atoms with Gasteiger partial charge < -0.3 is 16.0 Å².